The molecule has 0 amide bonds. The summed E-state index contributed by atoms with van der Waals surface area (Å²) in [5.41, 5.74) is 0. The van der Waals surface area contributed by atoms with Crippen molar-refractivity contribution >= 4 is 12.3 Å². The fourth-order valence-corrected chi connectivity index (χ4v) is 1.80. The molecule has 0 aromatic rings. The molecule has 0 aromatic carbocycles. The summed E-state index contributed by atoms with van der Waals surface area (Å²) in [6.07, 6.45) is 8.69. The number of ether oxygens (including phenoxy) is 1. The summed E-state index contributed by atoms with van der Waals surface area (Å²) in [5.74, 6) is -0.361. The van der Waals surface area contributed by atoms with Crippen molar-refractivity contribution in [2.45, 2.75) is 51.9 Å². The number of unbranched alkanes of at least 4 members (excludes halogenated alkanes) is 5. The fourth-order valence-electron chi connectivity index (χ4n) is 1.80. The normalized spacial score (nSPS) is 22.8. The molecule has 0 radical (unpaired) electrons. The standard InChI is InChI=1S/C13H22O3/c1-2-3-4-5-6-7-8-16-13(15)12-9-11(12)10-14/h10-12H,2-9H2,1H3. The van der Waals surface area contributed by atoms with E-state index in [1.165, 1.54) is 25.7 Å². The lowest BCUT2D eigenvalue weighted by Gasteiger charge is -2.03. The van der Waals surface area contributed by atoms with Crippen molar-refractivity contribution in [1.29, 1.82) is 0 Å². The summed E-state index contributed by atoms with van der Waals surface area (Å²) in [7, 11) is 0. The van der Waals surface area contributed by atoms with Gasteiger partial charge in [0.1, 0.15) is 6.29 Å². The van der Waals surface area contributed by atoms with Crippen LogP contribution in [-0.4, -0.2) is 18.9 Å². The second-order valence-electron chi connectivity index (χ2n) is 4.58. The molecule has 1 rings (SSSR count). The average molecular weight is 226 g/mol. The predicted molar refractivity (Wildman–Crippen MR) is 62.0 cm³/mol. The molecule has 2 unspecified atom stereocenters. The monoisotopic (exact) mass is 226 g/mol. The Balaban J connectivity index is 1.88. The molecule has 1 fully saturated rings. The Morgan fingerprint density at radius 3 is 2.56 bits per heavy atom. The minimum atomic E-state index is -0.175. The van der Waals surface area contributed by atoms with Crippen LogP contribution in [0.15, 0.2) is 0 Å². The van der Waals surface area contributed by atoms with Crippen LogP contribution in [0.5, 0.6) is 0 Å². The van der Waals surface area contributed by atoms with Crippen molar-refractivity contribution in [3.8, 4) is 0 Å². The summed E-state index contributed by atoms with van der Waals surface area (Å²) in [6.45, 7) is 2.72. The van der Waals surface area contributed by atoms with Gasteiger partial charge in [-0.3, -0.25) is 4.79 Å². The van der Waals surface area contributed by atoms with Crippen LogP contribution in [0.4, 0.5) is 0 Å². The third-order valence-electron chi connectivity index (χ3n) is 3.06. The van der Waals surface area contributed by atoms with Crippen LogP contribution in [0.3, 0.4) is 0 Å². The van der Waals surface area contributed by atoms with E-state index in [1.54, 1.807) is 0 Å². The van der Waals surface area contributed by atoms with Gasteiger partial charge in [0, 0.05) is 5.92 Å². The second-order valence-corrected chi connectivity index (χ2v) is 4.58. The largest absolute Gasteiger partial charge is 0.465 e. The van der Waals surface area contributed by atoms with E-state index in [4.69, 9.17) is 4.74 Å². The van der Waals surface area contributed by atoms with Gasteiger partial charge in [-0.15, -0.1) is 0 Å². The lowest BCUT2D eigenvalue weighted by Crippen LogP contribution is -2.09. The molecule has 0 saturated heterocycles. The smallest absolute Gasteiger partial charge is 0.309 e. The maximum Gasteiger partial charge on any atom is 0.309 e. The van der Waals surface area contributed by atoms with Crippen LogP contribution in [0.2, 0.25) is 0 Å². The number of aldehydes is 1. The Hall–Kier alpha value is -0.860. The summed E-state index contributed by atoms with van der Waals surface area (Å²) in [5, 5.41) is 0. The molecule has 0 aliphatic heterocycles. The van der Waals surface area contributed by atoms with Gasteiger partial charge in [0.05, 0.1) is 12.5 Å². The van der Waals surface area contributed by atoms with Gasteiger partial charge in [-0.2, -0.15) is 0 Å². The molecule has 0 aromatic heterocycles. The molecule has 1 aliphatic rings. The Morgan fingerprint density at radius 1 is 1.25 bits per heavy atom. The summed E-state index contributed by atoms with van der Waals surface area (Å²) in [4.78, 5) is 21.7. The first-order valence-corrected chi connectivity index (χ1v) is 6.41. The zero-order valence-corrected chi connectivity index (χ0v) is 10.1. The lowest BCUT2D eigenvalue weighted by molar-refractivity contribution is -0.146. The van der Waals surface area contributed by atoms with E-state index in [1.807, 2.05) is 0 Å². The zero-order valence-electron chi connectivity index (χ0n) is 10.1. The maximum absolute atomic E-state index is 11.3. The SMILES string of the molecule is CCCCCCCCOC(=O)C1CC1C=O. The molecule has 16 heavy (non-hydrogen) atoms. The Kier molecular flexibility index (Phi) is 6.12. The number of rotatable bonds is 9. The molecule has 3 heteroatoms. The van der Waals surface area contributed by atoms with Crippen LogP contribution in [0.25, 0.3) is 0 Å². The minimum Gasteiger partial charge on any atom is -0.465 e. The number of hydrogen-bond acceptors (Lipinski definition) is 3. The van der Waals surface area contributed by atoms with Crippen LogP contribution in [0, 0.1) is 11.8 Å². The topological polar surface area (TPSA) is 43.4 Å². The predicted octanol–water partition coefficient (Wildman–Crippen LogP) is 2.73. The van der Waals surface area contributed by atoms with Gasteiger partial charge in [-0.1, -0.05) is 39.0 Å². The highest BCUT2D eigenvalue weighted by Crippen LogP contribution is 2.37. The lowest BCUT2D eigenvalue weighted by atomic mass is 10.1. The first kappa shape index (κ1) is 13.2. The molecule has 3 nitrogen and oxygen atoms in total. The molecule has 92 valence electrons. The zero-order chi connectivity index (χ0) is 11.8. The van der Waals surface area contributed by atoms with Crippen molar-refractivity contribution in [1.82, 2.24) is 0 Å². The van der Waals surface area contributed by atoms with Gasteiger partial charge >= 0.3 is 5.97 Å². The molecule has 0 bridgehead atoms. The van der Waals surface area contributed by atoms with Crippen LogP contribution < -0.4 is 0 Å². The number of carbonyl (C=O) groups is 2. The van der Waals surface area contributed by atoms with Gasteiger partial charge < -0.3 is 9.53 Å². The molecule has 2 atom stereocenters. The summed E-state index contributed by atoms with van der Waals surface area (Å²) >= 11 is 0. The quantitative estimate of drug-likeness (QED) is 0.345. The summed E-state index contributed by atoms with van der Waals surface area (Å²) in [6, 6.07) is 0. The second kappa shape index (κ2) is 7.42. The first-order valence-electron chi connectivity index (χ1n) is 6.41. The Labute approximate surface area is 97.5 Å². The number of carbonyl (C=O) groups excluding carboxylic acids is 2. The van der Waals surface area contributed by atoms with Gasteiger partial charge in [0.15, 0.2) is 0 Å². The van der Waals surface area contributed by atoms with Crippen molar-refractivity contribution in [2.24, 2.45) is 11.8 Å². The van der Waals surface area contributed by atoms with Gasteiger partial charge in [-0.05, 0) is 12.8 Å². The van der Waals surface area contributed by atoms with Crippen LogP contribution in [-0.2, 0) is 14.3 Å². The fraction of sp³-hybridized carbons (Fsp3) is 0.846. The molecular formula is C13H22O3. The van der Waals surface area contributed by atoms with Crippen molar-refractivity contribution in [2.75, 3.05) is 6.61 Å². The van der Waals surface area contributed by atoms with E-state index in [-0.39, 0.29) is 17.8 Å². The molecule has 0 spiro atoms. The van der Waals surface area contributed by atoms with Gasteiger partial charge in [-0.25, -0.2) is 0 Å². The molecule has 1 aliphatic carbocycles. The van der Waals surface area contributed by atoms with Crippen molar-refractivity contribution in [3.63, 3.8) is 0 Å². The first-order chi connectivity index (χ1) is 7.79. The Bertz CT molecular complexity index is 225. The van der Waals surface area contributed by atoms with Gasteiger partial charge in [0.25, 0.3) is 0 Å². The average Bonchev–Trinajstić information content (AvgIpc) is 3.07. The number of esters is 1. The van der Waals surface area contributed by atoms with E-state index < -0.39 is 0 Å². The third kappa shape index (κ3) is 4.77. The van der Waals surface area contributed by atoms with E-state index in [0.717, 1.165) is 19.1 Å². The molecule has 1 saturated carbocycles. The Morgan fingerprint density at radius 2 is 1.94 bits per heavy atom. The van der Waals surface area contributed by atoms with Crippen LogP contribution in [0.1, 0.15) is 51.9 Å². The third-order valence-corrected chi connectivity index (χ3v) is 3.06. The van der Waals surface area contributed by atoms with E-state index in [0.29, 0.717) is 13.0 Å². The van der Waals surface area contributed by atoms with E-state index in [9.17, 15) is 9.59 Å². The highest BCUT2D eigenvalue weighted by Gasteiger charge is 2.44. The molecule has 0 heterocycles. The molecular weight excluding hydrogens is 204 g/mol. The number of hydrogen-bond donors (Lipinski definition) is 0. The highest BCUT2D eigenvalue weighted by atomic mass is 16.5. The van der Waals surface area contributed by atoms with Gasteiger partial charge in [0.2, 0.25) is 0 Å². The van der Waals surface area contributed by atoms with Crippen LogP contribution >= 0.6 is 0 Å². The molecule has 0 N–H and O–H groups in total. The van der Waals surface area contributed by atoms with E-state index >= 15 is 0 Å². The maximum atomic E-state index is 11.3. The summed E-state index contributed by atoms with van der Waals surface area (Å²) < 4.78 is 5.11. The highest BCUT2D eigenvalue weighted by molar-refractivity contribution is 5.81. The van der Waals surface area contributed by atoms with Crippen molar-refractivity contribution in [3.05, 3.63) is 0 Å². The minimum absolute atomic E-state index is 0.0583. The van der Waals surface area contributed by atoms with E-state index in [2.05, 4.69) is 6.92 Å². The van der Waals surface area contributed by atoms with Crippen molar-refractivity contribution < 1.29 is 14.3 Å².